The lowest BCUT2D eigenvalue weighted by Gasteiger charge is -2.29. The highest BCUT2D eigenvalue weighted by Gasteiger charge is 2.19. The highest BCUT2D eigenvalue weighted by atomic mass is 16.5. The van der Waals surface area contributed by atoms with Crippen molar-refractivity contribution in [1.29, 1.82) is 0 Å². The van der Waals surface area contributed by atoms with E-state index < -0.39 is 6.03 Å². The molecule has 0 bridgehead atoms. The Kier molecular flexibility index (Phi) is 5.77. The highest BCUT2D eigenvalue weighted by molar-refractivity contribution is 6.02. The van der Waals surface area contributed by atoms with E-state index in [1.165, 1.54) is 13.5 Å². The van der Waals surface area contributed by atoms with Gasteiger partial charge >= 0.3 is 6.03 Å². The van der Waals surface area contributed by atoms with Gasteiger partial charge in [-0.25, -0.2) is 4.79 Å². The van der Waals surface area contributed by atoms with Crippen LogP contribution in [-0.2, 0) is 4.79 Å². The van der Waals surface area contributed by atoms with Crippen molar-refractivity contribution >= 4 is 17.6 Å². The molecule has 0 saturated carbocycles. The standard InChI is InChI=1S/C16H23N3O3/c1-12-6-5-9-19(10-12)11-15(20)18-16(21)17-13-7-3-4-8-14(13)22-2/h3-4,7-8,12H,5-6,9-11H2,1-2H3,(H2,17,18,20,21). The highest BCUT2D eigenvalue weighted by Crippen LogP contribution is 2.22. The Balaban J connectivity index is 1.82. The van der Waals surface area contributed by atoms with Gasteiger partial charge in [-0.1, -0.05) is 19.1 Å². The number of piperidine rings is 1. The molecule has 0 aliphatic carbocycles. The first-order chi connectivity index (χ1) is 10.6. The van der Waals surface area contributed by atoms with E-state index in [4.69, 9.17) is 4.74 Å². The van der Waals surface area contributed by atoms with E-state index in [0.717, 1.165) is 19.5 Å². The van der Waals surface area contributed by atoms with Crippen LogP contribution in [0.4, 0.5) is 10.5 Å². The van der Waals surface area contributed by atoms with Crippen molar-refractivity contribution in [2.75, 3.05) is 32.1 Å². The van der Waals surface area contributed by atoms with Crippen molar-refractivity contribution in [3.63, 3.8) is 0 Å². The average Bonchev–Trinajstić information content (AvgIpc) is 2.47. The summed E-state index contributed by atoms with van der Waals surface area (Å²) in [4.78, 5) is 25.9. The van der Waals surface area contributed by atoms with Gasteiger partial charge in [0.1, 0.15) is 5.75 Å². The number of hydrogen-bond acceptors (Lipinski definition) is 4. The molecule has 1 heterocycles. The first-order valence-corrected chi connectivity index (χ1v) is 7.54. The zero-order valence-electron chi connectivity index (χ0n) is 13.1. The first-order valence-electron chi connectivity index (χ1n) is 7.54. The molecule has 120 valence electrons. The number of likely N-dealkylation sites (tertiary alicyclic amines) is 1. The van der Waals surface area contributed by atoms with Crippen LogP contribution in [0.25, 0.3) is 0 Å². The van der Waals surface area contributed by atoms with Crippen LogP contribution in [-0.4, -0.2) is 43.6 Å². The molecule has 2 N–H and O–H groups in total. The van der Waals surface area contributed by atoms with E-state index in [1.54, 1.807) is 18.2 Å². The first kappa shape index (κ1) is 16.3. The summed E-state index contributed by atoms with van der Waals surface area (Å²) in [6, 6.07) is 6.51. The van der Waals surface area contributed by atoms with Gasteiger partial charge in [0.15, 0.2) is 0 Å². The van der Waals surface area contributed by atoms with Crippen LogP contribution in [0.2, 0.25) is 0 Å². The fourth-order valence-electron chi connectivity index (χ4n) is 2.70. The van der Waals surface area contributed by atoms with Crippen LogP contribution in [0.3, 0.4) is 0 Å². The van der Waals surface area contributed by atoms with Gasteiger partial charge in [0, 0.05) is 6.54 Å². The molecular formula is C16H23N3O3. The third-order valence-corrected chi connectivity index (χ3v) is 3.72. The number of benzene rings is 1. The molecule has 1 saturated heterocycles. The van der Waals surface area contributed by atoms with Crippen molar-refractivity contribution in [1.82, 2.24) is 10.2 Å². The van der Waals surface area contributed by atoms with E-state index in [2.05, 4.69) is 22.5 Å². The van der Waals surface area contributed by atoms with Crippen molar-refractivity contribution in [3.05, 3.63) is 24.3 Å². The third kappa shape index (κ3) is 4.73. The predicted octanol–water partition coefficient (Wildman–Crippen LogP) is 2.08. The van der Waals surface area contributed by atoms with Crippen LogP contribution in [0.5, 0.6) is 5.75 Å². The maximum atomic E-state index is 11.9. The van der Waals surface area contributed by atoms with Crippen molar-refractivity contribution < 1.29 is 14.3 Å². The zero-order chi connectivity index (χ0) is 15.9. The Labute approximate surface area is 130 Å². The molecule has 6 nitrogen and oxygen atoms in total. The van der Waals surface area contributed by atoms with Crippen LogP contribution >= 0.6 is 0 Å². The van der Waals surface area contributed by atoms with Gasteiger partial charge in [-0.15, -0.1) is 0 Å². The summed E-state index contributed by atoms with van der Waals surface area (Å²) < 4.78 is 5.15. The van der Waals surface area contributed by atoms with Crippen molar-refractivity contribution in [2.24, 2.45) is 5.92 Å². The predicted molar refractivity (Wildman–Crippen MR) is 85.0 cm³/mol. The smallest absolute Gasteiger partial charge is 0.326 e. The zero-order valence-corrected chi connectivity index (χ0v) is 13.1. The second kappa shape index (κ2) is 7.79. The van der Waals surface area contributed by atoms with Crippen molar-refractivity contribution in [3.8, 4) is 5.75 Å². The number of imide groups is 1. The summed E-state index contributed by atoms with van der Waals surface area (Å²) >= 11 is 0. The second-order valence-electron chi connectivity index (χ2n) is 5.69. The fourth-order valence-corrected chi connectivity index (χ4v) is 2.70. The van der Waals surface area contributed by atoms with E-state index >= 15 is 0 Å². The fraction of sp³-hybridized carbons (Fsp3) is 0.500. The van der Waals surface area contributed by atoms with E-state index in [9.17, 15) is 9.59 Å². The summed E-state index contributed by atoms with van der Waals surface area (Å²) in [5, 5.41) is 4.98. The van der Waals surface area contributed by atoms with Crippen LogP contribution < -0.4 is 15.4 Å². The molecule has 1 aromatic carbocycles. The Morgan fingerprint density at radius 2 is 2.14 bits per heavy atom. The minimum Gasteiger partial charge on any atom is -0.495 e. The number of carbonyl (C=O) groups is 2. The molecule has 22 heavy (non-hydrogen) atoms. The molecule has 0 spiro atoms. The largest absolute Gasteiger partial charge is 0.495 e. The summed E-state index contributed by atoms with van der Waals surface area (Å²) in [7, 11) is 1.53. The van der Waals surface area contributed by atoms with Gasteiger partial charge in [0.05, 0.1) is 19.3 Å². The van der Waals surface area contributed by atoms with Crippen LogP contribution in [0.15, 0.2) is 24.3 Å². The summed E-state index contributed by atoms with van der Waals surface area (Å²) in [6.07, 6.45) is 2.30. The summed E-state index contributed by atoms with van der Waals surface area (Å²) in [5.74, 6) is 0.861. The number of amides is 3. The molecule has 2 rings (SSSR count). The lowest BCUT2D eigenvalue weighted by atomic mass is 10.0. The van der Waals surface area contributed by atoms with Crippen LogP contribution in [0, 0.1) is 5.92 Å². The van der Waals surface area contributed by atoms with Crippen molar-refractivity contribution in [2.45, 2.75) is 19.8 Å². The minimum atomic E-state index is -0.542. The summed E-state index contributed by atoms with van der Waals surface area (Å²) in [6.45, 7) is 4.25. The van der Waals surface area contributed by atoms with Crippen LogP contribution in [0.1, 0.15) is 19.8 Å². The maximum absolute atomic E-state index is 11.9. The number of nitrogens with one attached hydrogen (secondary N) is 2. The number of rotatable bonds is 4. The number of para-hydroxylation sites is 2. The molecule has 0 radical (unpaired) electrons. The molecular weight excluding hydrogens is 282 g/mol. The van der Waals surface area contributed by atoms with Gasteiger partial charge in [0.2, 0.25) is 5.91 Å². The van der Waals surface area contributed by atoms with Gasteiger partial charge in [-0.05, 0) is 37.4 Å². The molecule has 1 unspecified atom stereocenters. The number of urea groups is 1. The van der Waals surface area contributed by atoms with E-state index in [1.807, 2.05) is 6.07 Å². The minimum absolute atomic E-state index is 0.254. The summed E-state index contributed by atoms with van der Waals surface area (Å²) in [5.41, 5.74) is 0.530. The molecule has 1 atom stereocenters. The normalized spacial score (nSPS) is 18.5. The molecule has 6 heteroatoms. The molecule has 1 aliphatic rings. The molecule has 0 aromatic heterocycles. The number of methoxy groups -OCH3 is 1. The van der Waals surface area contributed by atoms with Gasteiger partial charge in [-0.3, -0.25) is 15.0 Å². The number of anilines is 1. The lowest BCUT2D eigenvalue weighted by Crippen LogP contribution is -2.44. The number of carbonyl (C=O) groups excluding carboxylic acids is 2. The quantitative estimate of drug-likeness (QED) is 0.893. The lowest BCUT2D eigenvalue weighted by molar-refractivity contribution is -0.121. The monoisotopic (exact) mass is 305 g/mol. The molecule has 1 fully saturated rings. The SMILES string of the molecule is COc1ccccc1NC(=O)NC(=O)CN1CCCC(C)C1. The third-order valence-electron chi connectivity index (χ3n) is 3.72. The Hall–Kier alpha value is -2.08. The number of ether oxygens (including phenoxy) is 1. The average molecular weight is 305 g/mol. The Bertz CT molecular complexity index is 533. The number of nitrogens with zero attached hydrogens (tertiary/aromatic N) is 1. The van der Waals surface area contributed by atoms with E-state index in [-0.39, 0.29) is 12.5 Å². The Morgan fingerprint density at radius 1 is 1.36 bits per heavy atom. The Morgan fingerprint density at radius 3 is 2.86 bits per heavy atom. The molecule has 1 aromatic rings. The van der Waals surface area contributed by atoms with Gasteiger partial charge in [0.25, 0.3) is 0 Å². The topological polar surface area (TPSA) is 70.7 Å². The van der Waals surface area contributed by atoms with Gasteiger partial charge < -0.3 is 10.1 Å². The van der Waals surface area contributed by atoms with Gasteiger partial charge in [-0.2, -0.15) is 0 Å². The maximum Gasteiger partial charge on any atom is 0.326 e. The number of hydrogen-bond donors (Lipinski definition) is 2. The van der Waals surface area contributed by atoms with E-state index in [0.29, 0.717) is 17.4 Å². The second-order valence-corrected chi connectivity index (χ2v) is 5.69. The molecule has 3 amide bonds. The molecule has 1 aliphatic heterocycles.